The van der Waals surface area contributed by atoms with Gasteiger partial charge in [-0.3, -0.25) is 0 Å². The smallest absolute Gasteiger partial charge is 0.0908 e. The summed E-state index contributed by atoms with van der Waals surface area (Å²) in [6.45, 7) is 4.20. The first kappa shape index (κ1) is 15.4. The number of hydrogen-bond donors (Lipinski definition) is 2. The molecule has 0 aromatic heterocycles. The van der Waals surface area contributed by atoms with Crippen molar-refractivity contribution in [3.05, 3.63) is 12.7 Å². The Morgan fingerprint density at radius 1 is 1.54 bits per heavy atom. The molecule has 0 spiro atoms. The molecule has 0 rings (SSSR count). The van der Waals surface area contributed by atoms with Crippen molar-refractivity contribution in [3.8, 4) is 0 Å². The van der Waals surface area contributed by atoms with Crippen LogP contribution in [0.5, 0.6) is 0 Å². The predicted octanol–water partition coefficient (Wildman–Crippen LogP) is -0.451. The summed E-state index contributed by atoms with van der Waals surface area (Å²) >= 11 is 5.28. The summed E-state index contributed by atoms with van der Waals surface area (Å²) < 4.78 is 4.88. The first-order valence-electron chi connectivity index (χ1n) is 4.24. The molecule has 2 N–H and O–H groups in total. The summed E-state index contributed by atoms with van der Waals surface area (Å²) in [7, 11) is 6.25. The molecule has 0 saturated heterocycles. The molecule has 1 atom stereocenters. The number of hydrogen-bond acceptors (Lipinski definition) is 2. The van der Waals surface area contributed by atoms with Crippen molar-refractivity contribution < 1.29 is 14.7 Å². The van der Waals surface area contributed by atoms with Crippen molar-refractivity contribution in [3.63, 3.8) is 0 Å². The molecule has 0 heterocycles. The van der Waals surface area contributed by atoms with E-state index in [4.69, 9.17) is 21.4 Å². The summed E-state index contributed by atoms with van der Waals surface area (Å²) in [6, 6.07) is 0. The standard InChI is InChI=1S/C6H11ClO2.C3H9N/c1-2-3-9-5-6(8)4-7;1-4(2)3/h2,6,8H,1,3-5H2;1-3H3/p+1. The molecule has 0 saturated carbocycles. The van der Waals surface area contributed by atoms with Crippen LogP contribution in [0.4, 0.5) is 0 Å². The van der Waals surface area contributed by atoms with Crippen LogP contribution in [-0.4, -0.2) is 51.4 Å². The van der Waals surface area contributed by atoms with Gasteiger partial charge in [-0.15, -0.1) is 18.2 Å². The molecule has 0 aliphatic carbocycles. The van der Waals surface area contributed by atoms with Crippen LogP contribution in [0, 0.1) is 0 Å². The third-order valence-corrected chi connectivity index (χ3v) is 1.08. The van der Waals surface area contributed by atoms with Gasteiger partial charge in [-0.25, -0.2) is 0 Å². The molecule has 0 radical (unpaired) electrons. The molecule has 0 aliphatic rings. The largest absolute Gasteiger partial charge is 0.389 e. The lowest BCUT2D eigenvalue weighted by Crippen LogP contribution is -3.02. The van der Waals surface area contributed by atoms with Crippen LogP contribution >= 0.6 is 11.6 Å². The van der Waals surface area contributed by atoms with Gasteiger partial charge in [0.2, 0.25) is 0 Å². The second kappa shape index (κ2) is 11.9. The van der Waals surface area contributed by atoms with Crippen molar-refractivity contribution in [1.82, 2.24) is 0 Å². The maximum absolute atomic E-state index is 8.79. The lowest BCUT2D eigenvalue weighted by Gasteiger charge is -2.04. The second-order valence-corrected chi connectivity index (χ2v) is 3.44. The van der Waals surface area contributed by atoms with Crippen LogP contribution in [0.25, 0.3) is 0 Å². The molecule has 4 heteroatoms. The Balaban J connectivity index is 0. The number of alkyl halides is 1. The number of nitrogens with one attached hydrogen (secondary N) is 1. The monoisotopic (exact) mass is 210 g/mol. The van der Waals surface area contributed by atoms with Gasteiger partial charge in [0, 0.05) is 0 Å². The Morgan fingerprint density at radius 2 is 2.00 bits per heavy atom. The predicted molar refractivity (Wildman–Crippen MR) is 56.5 cm³/mol. The van der Waals surface area contributed by atoms with Crippen molar-refractivity contribution in [1.29, 1.82) is 0 Å². The molecule has 0 aliphatic heterocycles. The van der Waals surface area contributed by atoms with E-state index in [1.807, 2.05) is 0 Å². The van der Waals surface area contributed by atoms with Gasteiger partial charge in [0.15, 0.2) is 0 Å². The number of aliphatic hydroxyl groups is 1. The highest BCUT2D eigenvalue weighted by Gasteiger charge is 1.98. The summed E-state index contributed by atoms with van der Waals surface area (Å²) in [5.74, 6) is 0.219. The van der Waals surface area contributed by atoms with E-state index in [1.165, 1.54) is 4.90 Å². The normalized spacial score (nSPS) is 11.8. The highest BCUT2D eigenvalue weighted by Crippen LogP contribution is 1.88. The zero-order valence-corrected chi connectivity index (χ0v) is 9.47. The number of ether oxygens (including phenoxy) is 1. The summed E-state index contributed by atoms with van der Waals surface area (Å²) in [5, 5.41) is 8.79. The van der Waals surface area contributed by atoms with Gasteiger partial charge in [0.1, 0.15) is 0 Å². The first-order chi connectivity index (χ1) is 6.04. The number of aliphatic hydroxyl groups excluding tert-OH is 1. The van der Waals surface area contributed by atoms with E-state index in [0.29, 0.717) is 6.61 Å². The third-order valence-electron chi connectivity index (χ3n) is 0.724. The first-order valence-corrected chi connectivity index (χ1v) is 4.77. The van der Waals surface area contributed by atoms with E-state index >= 15 is 0 Å². The van der Waals surface area contributed by atoms with Crippen molar-refractivity contribution in [2.75, 3.05) is 40.2 Å². The van der Waals surface area contributed by atoms with Crippen LogP contribution < -0.4 is 4.90 Å². The van der Waals surface area contributed by atoms with E-state index in [9.17, 15) is 0 Å². The van der Waals surface area contributed by atoms with E-state index < -0.39 is 6.10 Å². The number of halogens is 1. The van der Waals surface area contributed by atoms with Crippen LogP contribution in [0.3, 0.4) is 0 Å². The third kappa shape index (κ3) is 24.5. The number of rotatable bonds is 5. The summed E-state index contributed by atoms with van der Waals surface area (Å²) in [6.07, 6.45) is 1.08. The van der Waals surface area contributed by atoms with Crippen LogP contribution in [0.2, 0.25) is 0 Å². The van der Waals surface area contributed by atoms with Gasteiger partial charge >= 0.3 is 0 Å². The fourth-order valence-corrected chi connectivity index (χ4v) is 0.421. The minimum absolute atomic E-state index is 0.219. The highest BCUT2D eigenvalue weighted by atomic mass is 35.5. The maximum Gasteiger partial charge on any atom is 0.0908 e. The Morgan fingerprint density at radius 3 is 2.31 bits per heavy atom. The molecular formula is C9H21ClNO2+. The Kier molecular flexibility index (Phi) is 14.1. The van der Waals surface area contributed by atoms with Crippen molar-refractivity contribution in [2.45, 2.75) is 6.10 Å². The lowest BCUT2D eigenvalue weighted by atomic mass is 10.4. The quantitative estimate of drug-likeness (QED) is 0.366. The van der Waals surface area contributed by atoms with Gasteiger partial charge in [-0.05, 0) is 0 Å². The Labute approximate surface area is 85.9 Å². The molecule has 13 heavy (non-hydrogen) atoms. The summed E-state index contributed by atoms with van der Waals surface area (Å²) in [5.41, 5.74) is 0. The minimum atomic E-state index is -0.549. The second-order valence-electron chi connectivity index (χ2n) is 3.13. The molecule has 80 valence electrons. The fourth-order valence-electron chi connectivity index (χ4n) is 0.332. The summed E-state index contributed by atoms with van der Waals surface area (Å²) in [4.78, 5) is 1.42. The fraction of sp³-hybridized carbons (Fsp3) is 0.778. The maximum atomic E-state index is 8.79. The van der Waals surface area contributed by atoms with Gasteiger partial charge in [0.05, 0.1) is 46.3 Å². The zero-order valence-electron chi connectivity index (χ0n) is 8.72. The molecule has 3 nitrogen and oxygen atoms in total. The SMILES string of the molecule is C=CCOCC(O)CCl.C[NH+](C)C. The minimum Gasteiger partial charge on any atom is -0.389 e. The van der Waals surface area contributed by atoms with Gasteiger partial charge < -0.3 is 14.7 Å². The van der Waals surface area contributed by atoms with Gasteiger partial charge in [-0.1, -0.05) is 6.08 Å². The zero-order chi connectivity index (χ0) is 10.7. The van der Waals surface area contributed by atoms with Gasteiger partial charge in [-0.2, -0.15) is 0 Å². The van der Waals surface area contributed by atoms with Crippen LogP contribution in [0.1, 0.15) is 0 Å². The van der Waals surface area contributed by atoms with Gasteiger partial charge in [0.25, 0.3) is 0 Å². The Bertz CT molecular complexity index is 107. The Hall–Kier alpha value is -0.0900. The van der Waals surface area contributed by atoms with Crippen LogP contribution in [0.15, 0.2) is 12.7 Å². The lowest BCUT2D eigenvalue weighted by molar-refractivity contribution is -0.836. The van der Waals surface area contributed by atoms with E-state index in [0.717, 1.165) is 0 Å². The molecule has 0 fully saturated rings. The molecule has 1 unspecified atom stereocenters. The van der Waals surface area contributed by atoms with Crippen molar-refractivity contribution >= 4 is 11.6 Å². The average molecular weight is 211 g/mol. The molecular weight excluding hydrogens is 190 g/mol. The van der Waals surface area contributed by atoms with E-state index in [-0.39, 0.29) is 12.5 Å². The molecule has 0 aromatic carbocycles. The molecule has 0 amide bonds. The van der Waals surface area contributed by atoms with Crippen LogP contribution in [-0.2, 0) is 4.74 Å². The van der Waals surface area contributed by atoms with E-state index in [2.05, 4.69) is 27.7 Å². The number of quaternary nitrogens is 1. The highest BCUT2D eigenvalue weighted by molar-refractivity contribution is 6.18. The molecule has 0 aromatic rings. The topological polar surface area (TPSA) is 33.9 Å². The molecule has 0 bridgehead atoms. The van der Waals surface area contributed by atoms with E-state index in [1.54, 1.807) is 6.08 Å². The average Bonchev–Trinajstić information content (AvgIpc) is 2.03. The van der Waals surface area contributed by atoms with Crippen molar-refractivity contribution in [2.24, 2.45) is 0 Å².